The average Bonchev–Trinajstić information content (AvgIpc) is 3.24. The largest absolute Gasteiger partial charge is 0.450 e. The lowest BCUT2D eigenvalue weighted by Crippen LogP contribution is -2.15. The summed E-state index contributed by atoms with van der Waals surface area (Å²) < 4.78 is 4.80. The first kappa shape index (κ1) is 19.0. The highest BCUT2D eigenvalue weighted by Gasteiger charge is 2.11. The molecular formula is C18H18N4O3S2. The van der Waals surface area contributed by atoms with E-state index in [1.165, 1.54) is 11.3 Å². The molecule has 0 spiro atoms. The monoisotopic (exact) mass is 402 g/mol. The van der Waals surface area contributed by atoms with Crippen LogP contribution in [0.3, 0.4) is 0 Å². The lowest BCUT2D eigenvalue weighted by molar-refractivity contribution is -0.115. The molecule has 2 aromatic heterocycles. The fourth-order valence-corrected chi connectivity index (χ4v) is 3.64. The van der Waals surface area contributed by atoms with Crippen LogP contribution >= 0.6 is 22.7 Å². The third-order valence-electron chi connectivity index (χ3n) is 3.44. The van der Waals surface area contributed by atoms with Gasteiger partial charge in [0, 0.05) is 22.0 Å². The van der Waals surface area contributed by atoms with Gasteiger partial charge in [0.05, 0.1) is 29.4 Å². The summed E-state index contributed by atoms with van der Waals surface area (Å²) in [6.45, 7) is 3.96. The molecule has 1 aromatic carbocycles. The third-order valence-corrected chi connectivity index (χ3v) is 5.02. The number of nitrogens with zero attached hydrogens (tertiary/aromatic N) is 2. The van der Waals surface area contributed by atoms with Crippen LogP contribution in [-0.2, 0) is 16.0 Å². The van der Waals surface area contributed by atoms with Crippen molar-refractivity contribution in [3.63, 3.8) is 0 Å². The number of carbonyl (C=O) groups is 2. The predicted octanol–water partition coefficient (Wildman–Crippen LogP) is 4.32. The number of anilines is 2. The Balaban J connectivity index is 1.60. The maximum absolute atomic E-state index is 12.3. The minimum absolute atomic E-state index is 0.112. The van der Waals surface area contributed by atoms with E-state index in [1.54, 1.807) is 23.6 Å². The van der Waals surface area contributed by atoms with Gasteiger partial charge >= 0.3 is 6.09 Å². The third kappa shape index (κ3) is 5.35. The molecule has 7 nitrogen and oxygen atoms in total. The van der Waals surface area contributed by atoms with Crippen LogP contribution in [0.5, 0.6) is 0 Å². The lowest BCUT2D eigenvalue weighted by Gasteiger charge is -2.06. The summed E-state index contributed by atoms with van der Waals surface area (Å²) in [5.74, 6) is -0.186. The number of rotatable bonds is 6. The molecule has 0 aliphatic carbocycles. The maximum atomic E-state index is 12.3. The second-order valence-corrected chi connectivity index (χ2v) is 7.47. The molecule has 2 N–H and O–H groups in total. The molecular weight excluding hydrogens is 384 g/mol. The van der Waals surface area contributed by atoms with Gasteiger partial charge in [-0.3, -0.25) is 10.1 Å². The summed E-state index contributed by atoms with van der Waals surface area (Å²) in [5.41, 5.74) is 3.12. The second kappa shape index (κ2) is 8.74. The first-order chi connectivity index (χ1) is 13.0. The van der Waals surface area contributed by atoms with Crippen molar-refractivity contribution in [2.75, 3.05) is 17.2 Å². The van der Waals surface area contributed by atoms with Crippen LogP contribution in [0.2, 0.25) is 0 Å². The van der Waals surface area contributed by atoms with Crippen molar-refractivity contribution in [1.29, 1.82) is 0 Å². The van der Waals surface area contributed by atoms with Crippen LogP contribution in [0.1, 0.15) is 17.6 Å². The fourth-order valence-electron chi connectivity index (χ4n) is 2.32. The first-order valence-electron chi connectivity index (χ1n) is 8.24. The average molecular weight is 403 g/mol. The lowest BCUT2D eigenvalue weighted by atomic mass is 10.1. The molecule has 3 rings (SSSR count). The van der Waals surface area contributed by atoms with E-state index in [2.05, 4.69) is 20.6 Å². The quantitative estimate of drug-likeness (QED) is 0.640. The van der Waals surface area contributed by atoms with Gasteiger partial charge in [0.1, 0.15) is 0 Å². The number of nitrogens with one attached hydrogen (secondary N) is 2. The summed E-state index contributed by atoms with van der Waals surface area (Å²) in [6.07, 6.45) is -0.446. The van der Waals surface area contributed by atoms with Gasteiger partial charge in [0.2, 0.25) is 5.91 Å². The predicted molar refractivity (Wildman–Crippen MR) is 107 cm³/mol. The SMILES string of the molecule is CCOC(=O)Nc1nc(CC(=O)Nc2cccc(-c3csc(C)n3)c2)cs1. The van der Waals surface area contributed by atoms with Crippen LogP contribution < -0.4 is 10.6 Å². The molecule has 3 aromatic rings. The Morgan fingerprint density at radius 3 is 2.74 bits per heavy atom. The maximum Gasteiger partial charge on any atom is 0.413 e. The van der Waals surface area contributed by atoms with Gasteiger partial charge in [-0.2, -0.15) is 0 Å². The van der Waals surface area contributed by atoms with Crippen molar-refractivity contribution in [2.45, 2.75) is 20.3 Å². The Kier molecular flexibility index (Phi) is 6.15. The summed E-state index contributed by atoms with van der Waals surface area (Å²) in [6, 6.07) is 7.55. The number of amides is 2. The van der Waals surface area contributed by atoms with Crippen LogP contribution in [0.15, 0.2) is 35.0 Å². The van der Waals surface area contributed by atoms with Crippen molar-refractivity contribution in [3.8, 4) is 11.3 Å². The molecule has 9 heteroatoms. The van der Waals surface area contributed by atoms with Crippen LogP contribution in [0, 0.1) is 6.92 Å². The minimum atomic E-state index is -0.558. The van der Waals surface area contributed by atoms with Crippen LogP contribution in [-0.4, -0.2) is 28.6 Å². The van der Waals surface area contributed by atoms with Crippen molar-refractivity contribution >= 4 is 45.5 Å². The highest BCUT2D eigenvalue weighted by molar-refractivity contribution is 7.13. The van der Waals surface area contributed by atoms with Crippen LogP contribution in [0.25, 0.3) is 11.3 Å². The molecule has 0 atom stereocenters. The number of aryl methyl sites for hydroxylation is 1. The van der Waals surface area contributed by atoms with E-state index in [4.69, 9.17) is 4.74 Å². The zero-order chi connectivity index (χ0) is 19.2. The van der Waals surface area contributed by atoms with E-state index in [9.17, 15) is 9.59 Å². The topological polar surface area (TPSA) is 93.2 Å². The Hall–Kier alpha value is -2.78. The minimum Gasteiger partial charge on any atom is -0.450 e. The molecule has 0 fully saturated rings. The van der Waals surface area contributed by atoms with Crippen molar-refractivity contribution in [2.24, 2.45) is 0 Å². The zero-order valence-electron chi connectivity index (χ0n) is 14.8. The number of hydrogen-bond donors (Lipinski definition) is 2. The molecule has 0 radical (unpaired) electrons. The summed E-state index contributed by atoms with van der Waals surface area (Å²) >= 11 is 2.83. The highest BCUT2D eigenvalue weighted by Crippen LogP contribution is 2.24. The smallest absolute Gasteiger partial charge is 0.413 e. The van der Waals surface area contributed by atoms with Gasteiger partial charge in [-0.05, 0) is 26.0 Å². The van der Waals surface area contributed by atoms with E-state index in [-0.39, 0.29) is 18.9 Å². The zero-order valence-corrected chi connectivity index (χ0v) is 16.4. The summed E-state index contributed by atoms with van der Waals surface area (Å²) in [5, 5.41) is 10.5. The Labute approximate surface area is 164 Å². The standard InChI is InChI=1S/C18H18N4O3S2/c1-3-25-18(24)22-17-21-14(9-27-17)8-16(23)20-13-6-4-5-12(7-13)15-10-26-11(2)19-15/h4-7,9-10H,3,8H2,1-2H3,(H,20,23)(H,21,22,24). The normalized spacial score (nSPS) is 10.4. The molecule has 0 bridgehead atoms. The van der Waals surface area contributed by atoms with Gasteiger partial charge in [-0.15, -0.1) is 22.7 Å². The van der Waals surface area contributed by atoms with E-state index < -0.39 is 6.09 Å². The Morgan fingerprint density at radius 1 is 1.15 bits per heavy atom. The number of ether oxygens (including phenoxy) is 1. The van der Waals surface area contributed by atoms with Gasteiger partial charge in [-0.25, -0.2) is 14.8 Å². The molecule has 0 saturated carbocycles. The van der Waals surface area contributed by atoms with E-state index in [0.29, 0.717) is 16.5 Å². The van der Waals surface area contributed by atoms with Crippen molar-refractivity contribution in [3.05, 3.63) is 45.7 Å². The number of benzene rings is 1. The number of aromatic nitrogens is 2. The van der Waals surface area contributed by atoms with Crippen molar-refractivity contribution in [1.82, 2.24) is 9.97 Å². The number of carbonyl (C=O) groups excluding carboxylic acids is 2. The van der Waals surface area contributed by atoms with Gasteiger partial charge < -0.3 is 10.1 Å². The highest BCUT2D eigenvalue weighted by atomic mass is 32.1. The molecule has 2 amide bonds. The fraction of sp³-hybridized carbons (Fsp3) is 0.222. The molecule has 0 aliphatic heterocycles. The molecule has 0 unspecified atom stereocenters. The number of hydrogen-bond acceptors (Lipinski definition) is 7. The Bertz CT molecular complexity index is 951. The molecule has 0 aliphatic rings. The van der Waals surface area contributed by atoms with Crippen LogP contribution in [0.4, 0.5) is 15.6 Å². The van der Waals surface area contributed by atoms with E-state index in [1.807, 2.05) is 36.6 Å². The molecule has 2 heterocycles. The molecule has 140 valence electrons. The van der Waals surface area contributed by atoms with Gasteiger partial charge in [0.25, 0.3) is 0 Å². The summed E-state index contributed by atoms with van der Waals surface area (Å²) in [4.78, 5) is 32.4. The van der Waals surface area contributed by atoms with Gasteiger partial charge in [-0.1, -0.05) is 12.1 Å². The molecule has 0 saturated heterocycles. The van der Waals surface area contributed by atoms with Gasteiger partial charge in [0.15, 0.2) is 5.13 Å². The Morgan fingerprint density at radius 2 is 2.00 bits per heavy atom. The first-order valence-corrected chi connectivity index (χ1v) is 10.00. The summed E-state index contributed by atoms with van der Waals surface area (Å²) in [7, 11) is 0. The number of thiazole rings is 2. The second-order valence-electron chi connectivity index (χ2n) is 5.55. The molecule has 27 heavy (non-hydrogen) atoms. The van der Waals surface area contributed by atoms with Crippen molar-refractivity contribution < 1.29 is 14.3 Å². The van der Waals surface area contributed by atoms with E-state index in [0.717, 1.165) is 16.3 Å². The van der Waals surface area contributed by atoms with E-state index >= 15 is 0 Å².